The van der Waals surface area contributed by atoms with Crippen LogP contribution < -0.4 is 11.1 Å². The molecule has 0 unspecified atom stereocenters. The van der Waals surface area contributed by atoms with E-state index in [1.807, 2.05) is 29.9 Å². The second-order valence-corrected chi connectivity index (χ2v) is 5.71. The third-order valence-corrected chi connectivity index (χ3v) is 4.40. The Balaban J connectivity index is 1.70. The number of nitrogens with one attached hydrogen (secondary N) is 1. The molecule has 0 aliphatic heterocycles. The lowest BCUT2D eigenvalue weighted by Gasteiger charge is -2.04. The molecule has 3 heterocycles. The summed E-state index contributed by atoms with van der Waals surface area (Å²) in [6.45, 7) is 0.519. The molecule has 0 radical (unpaired) electrons. The number of pyridine rings is 1. The molecule has 6 nitrogen and oxygen atoms in total. The number of imidazole rings is 1. The van der Waals surface area contributed by atoms with Gasteiger partial charge in [0.05, 0.1) is 10.4 Å². The Morgan fingerprint density at radius 2 is 2.29 bits per heavy atom. The van der Waals surface area contributed by atoms with Crippen molar-refractivity contribution < 1.29 is 4.79 Å². The predicted octanol–water partition coefficient (Wildman–Crippen LogP) is 1.58. The fraction of sp³-hybridized carbons (Fsp3) is 0.214. The van der Waals surface area contributed by atoms with Crippen molar-refractivity contribution in [3.8, 4) is 0 Å². The van der Waals surface area contributed by atoms with E-state index >= 15 is 0 Å². The number of nitrogens with two attached hydrogens (primary N) is 1. The monoisotopic (exact) mass is 301 g/mol. The van der Waals surface area contributed by atoms with Gasteiger partial charge in [-0.25, -0.2) is 4.98 Å². The highest BCUT2D eigenvalue weighted by Gasteiger charge is 2.16. The van der Waals surface area contributed by atoms with Crippen LogP contribution in [0.2, 0.25) is 0 Å². The predicted molar refractivity (Wildman–Crippen MR) is 83.3 cm³/mol. The number of hydrogen-bond donors (Lipinski definition) is 2. The maximum Gasteiger partial charge on any atom is 0.263 e. The van der Waals surface area contributed by atoms with E-state index in [1.165, 1.54) is 11.3 Å². The number of aryl methyl sites for hydroxylation is 1. The van der Waals surface area contributed by atoms with Gasteiger partial charge in [0.2, 0.25) is 0 Å². The zero-order chi connectivity index (χ0) is 14.8. The summed E-state index contributed by atoms with van der Waals surface area (Å²) in [5.74, 6) is 0.769. The number of nitrogens with zero attached hydrogens (tertiary/aromatic N) is 3. The first kappa shape index (κ1) is 13.6. The molecule has 0 saturated carbocycles. The molecule has 3 aromatic rings. The molecule has 108 valence electrons. The highest BCUT2D eigenvalue weighted by Crippen LogP contribution is 2.31. The van der Waals surface area contributed by atoms with Crippen LogP contribution in [0.4, 0.5) is 5.69 Å². The van der Waals surface area contributed by atoms with Crippen LogP contribution in [0.3, 0.4) is 0 Å². The van der Waals surface area contributed by atoms with E-state index in [9.17, 15) is 4.79 Å². The number of hydrogen-bond acceptors (Lipinski definition) is 5. The average Bonchev–Trinajstić information content (AvgIpc) is 3.04. The molecule has 0 bridgehead atoms. The molecule has 21 heavy (non-hydrogen) atoms. The molecule has 0 atom stereocenters. The van der Waals surface area contributed by atoms with Crippen molar-refractivity contribution in [2.24, 2.45) is 7.05 Å². The van der Waals surface area contributed by atoms with E-state index in [4.69, 9.17) is 5.73 Å². The first-order valence-electron chi connectivity index (χ1n) is 6.54. The Kier molecular flexibility index (Phi) is 3.57. The molecule has 0 aliphatic rings. The molecule has 0 spiro atoms. The van der Waals surface area contributed by atoms with E-state index in [1.54, 1.807) is 12.4 Å². The zero-order valence-electron chi connectivity index (χ0n) is 11.5. The number of fused-ring (bicyclic) bond motifs is 1. The number of nitrogen functional groups attached to an aromatic ring is 1. The van der Waals surface area contributed by atoms with Crippen molar-refractivity contribution in [3.63, 3.8) is 0 Å². The van der Waals surface area contributed by atoms with Crippen molar-refractivity contribution in [1.82, 2.24) is 19.9 Å². The van der Waals surface area contributed by atoms with E-state index in [0.717, 1.165) is 10.5 Å². The van der Waals surface area contributed by atoms with Crippen molar-refractivity contribution in [2.75, 3.05) is 12.3 Å². The zero-order valence-corrected chi connectivity index (χ0v) is 12.4. The quantitative estimate of drug-likeness (QED) is 0.766. The second-order valence-electron chi connectivity index (χ2n) is 4.66. The van der Waals surface area contributed by atoms with Crippen LogP contribution in [0.15, 0.2) is 30.7 Å². The van der Waals surface area contributed by atoms with Gasteiger partial charge in [-0.05, 0) is 12.1 Å². The SMILES string of the molecule is Cn1ccnc1CCNC(=O)c1sc2cccnc2c1N. The third-order valence-electron chi connectivity index (χ3n) is 3.24. The van der Waals surface area contributed by atoms with Crippen LogP contribution in [-0.4, -0.2) is 27.0 Å². The number of anilines is 1. The summed E-state index contributed by atoms with van der Waals surface area (Å²) < 4.78 is 2.86. The van der Waals surface area contributed by atoms with Gasteiger partial charge in [0.25, 0.3) is 5.91 Å². The first-order chi connectivity index (χ1) is 10.2. The van der Waals surface area contributed by atoms with Gasteiger partial charge >= 0.3 is 0 Å². The molecule has 0 fully saturated rings. The highest BCUT2D eigenvalue weighted by molar-refractivity contribution is 7.21. The van der Waals surface area contributed by atoms with Gasteiger partial charge in [0, 0.05) is 38.6 Å². The lowest BCUT2D eigenvalue weighted by Crippen LogP contribution is -2.26. The fourth-order valence-electron chi connectivity index (χ4n) is 2.12. The molecule has 0 aliphatic carbocycles. The molecule has 1 amide bonds. The maximum atomic E-state index is 12.2. The van der Waals surface area contributed by atoms with Crippen LogP contribution in [0.1, 0.15) is 15.5 Å². The topological polar surface area (TPSA) is 85.8 Å². The Morgan fingerprint density at radius 3 is 3.00 bits per heavy atom. The van der Waals surface area contributed by atoms with E-state index in [0.29, 0.717) is 29.0 Å². The van der Waals surface area contributed by atoms with E-state index < -0.39 is 0 Å². The van der Waals surface area contributed by atoms with Gasteiger partial charge < -0.3 is 15.6 Å². The Hall–Kier alpha value is -2.41. The summed E-state index contributed by atoms with van der Waals surface area (Å²) >= 11 is 1.36. The number of rotatable bonds is 4. The molecule has 3 aromatic heterocycles. The van der Waals surface area contributed by atoms with Crippen molar-refractivity contribution >= 4 is 33.1 Å². The highest BCUT2D eigenvalue weighted by atomic mass is 32.1. The normalized spacial score (nSPS) is 10.9. The van der Waals surface area contributed by atoms with Crippen LogP contribution in [0.25, 0.3) is 10.2 Å². The minimum absolute atomic E-state index is 0.162. The Labute approximate surface area is 125 Å². The Morgan fingerprint density at radius 1 is 1.43 bits per heavy atom. The smallest absolute Gasteiger partial charge is 0.263 e. The van der Waals surface area contributed by atoms with Gasteiger partial charge in [-0.2, -0.15) is 0 Å². The summed E-state index contributed by atoms with van der Waals surface area (Å²) in [4.78, 5) is 21.2. The Bertz CT molecular complexity index is 792. The average molecular weight is 301 g/mol. The van der Waals surface area contributed by atoms with Gasteiger partial charge in [0.1, 0.15) is 16.2 Å². The number of aromatic nitrogens is 3. The largest absolute Gasteiger partial charge is 0.396 e. The first-order valence-corrected chi connectivity index (χ1v) is 7.36. The van der Waals surface area contributed by atoms with Crippen molar-refractivity contribution in [3.05, 3.63) is 41.4 Å². The van der Waals surface area contributed by atoms with E-state index in [2.05, 4.69) is 15.3 Å². The fourth-order valence-corrected chi connectivity index (χ4v) is 3.12. The molecule has 0 saturated heterocycles. The number of carbonyl (C=O) groups is 1. The van der Waals surface area contributed by atoms with Gasteiger partial charge in [-0.1, -0.05) is 0 Å². The third kappa shape index (κ3) is 2.59. The standard InChI is InChI=1S/C14H15N5OS/c1-19-8-7-16-10(19)4-6-18-14(20)13-11(15)12-9(21-13)3-2-5-17-12/h2-3,5,7-8H,4,6,15H2,1H3,(H,18,20). The second kappa shape index (κ2) is 5.53. The molecule has 3 N–H and O–H groups in total. The summed E-state index contributed by atoms with van der Waals surface area (Å²) in [5, 5.41) is 2.88. The van der Waals surface area contributed by atoms with Gasteiger partial charge in [-0.15, -0.1) is 11.3 Å². The molecule has 3 rings (SSSR count). The summed E-state index contributed by atoms with van der Waals surface area (Å²) in [5.41, 5.74) is 7.14. The molecule has 7 heteroatoms. The van der Waals surface area contributed by atoms with Gasteiger partial charge in [-0.3, -0.25) is 9.78 Å². The minimum Gasteiger partial charge on any atom is -0.396 e. The molecular weight excluding hydrogens is 286 g/mol. The number of thiophene rings is 1. The van der Waals surface area contributed by atoms with Crippen LogP contribution in [0, 0.1) is 0 Å². The summed E-state index contributed by atoms with van der Waals surface area (Å²) in [7, 11) is 1.93. The molecule has 0 aromatic carbocycles. The molecular formula is C14H15N5OS. The maximum absolute atomic E-state index is 12.2. The van der Waals surface area contributed by atoms with Crippen molar-refractivity contribution in [1.29, 1.82) is 0 Å². The summed E-state index contributed by atoms with van der Waals surface area (Å²) in [6, 6.07) is 3.75. The van der Waals surface area contributed by atoms with Crippen LogP contribution >= 0.6 is 11.3 Å². The number of amides is 1. The van der Waals surface area contributed by atoms with Crippen LogP contribution in [0.5, 0.6) is 0 Å². The lowest BCUT2D eigenvalue weighted by atomic mass is 10.3. The minimum atomic E-state index is -0.162. The van der Waals surface area contributed by atoms with Crippen LogP contribution in [-0.2, 0) is 13.5 Å². The number of carbonyl (C=O) groups excluding carboxylic acids is 1. The lowest BCUT2D eigenvalue weighted by molar-refractivity contribution is 0.0959. The van der Waals surface area contributed by atoms with Gasteiger partial charge in [0.15, 0.2) is 0 Å². The van der Waals surface area contributed by atoms with Crippen molar-refractivity contribution in [2.45, 2.75) is 6.42 Å². The summed E-state index contributed by atoms with van der Waals surface area (Å²) in [6.07, 6.45) is 5.98. The van der Waals surface area contributed by atoms with E-state index in [-0.39, 0.29) is 5.91 Å².